The minimum atomic E-state index is 0.288. The van der Waals surface area contributed by atoms with Gasteiger partial charge in [-0.3, -0.25) is 4.79 Å². The lowest BCUT2D eigenvalue weighted by Crippen LogP contribution is -2.37. The van der Waals surface area contributed by atoms with E-state index in [1.54, 1.807) is 7.11 Å². The molecule has 2 saturated heterocycles. The van der Waals surface area contributed by atoms with Gasteiger partial charge in [0.25, 0.3) is 0 Å². The summed E-state index contributed by atoms with van der Waals surface area (Å²) in [7, 11) is 1.66. The number of aromatic nitrogens is 2. The summed E-state index contributed by atoms with van der Waals surface area (Å²) in [5.41, 5.74) is 0.288. The van der Waals surface area contributed by atoms with Crippen molar-refractivity contribution >= 4 is 22.6 Å². The van der Waals surface area contributed by atoms with E-state index < -0.39 is 0 Å². The molecule has 1 amide bonds. The number of carbonyl (C=O) groups is 1. The molecule has 1 aliphatic carbocycles. The molecule has 3 aliphatic rings. The van der Waals surface area contributed by atoms with Crippen molar-refractivity contribution in [2.24, 2.45) is 11.3 Å². The molecule has 2 aliphatic heterocycles. The molecule has 4 rings (SSSR count). The molecule has 6 nitrogen and oxygen atoms in total. The Kier molecular flexibility index (Phi) is 4.01. The van der Waals surface area contributed by atoms with Crippen LogP contribution in [0, 0.1) is 11.3 Å². The van der Waals surface area contributed by atoms with E-state index in [-0.39, 0.29) is 5.41 Å². The number of hydrogen-bond acceptors (Lipinski definition) is 6. The zero-order valence-corrected chi connectivity index (χ0v) is 14.5. The third kappa shape index (κ3) is 2.85. The van der Waals surface area contributed by atoms with Gasteiger partial charge in [0.1, 0.15) is 6.61 Å². The molecule has 0 aromatic carbocycles. The number of piperidine rings is 1. The van der Waals surface area contributed by atoms with Crippen LogP contribution in [0.15, 0.2) is 0 Å². The molecule has 3 heterocycles. The summed E-state index contributed by atoms with van der Waals surface area (Å²) in [6.07, 6.45) is 5.67. The van der Waals surface area contributed by atoms with E-state index in [1.165, 1.54) is 24.4 Å². The number of amides is 1. The molecule has 1 aromatic heterocycles. The van der Waals surface area contributed by atoms with Crippen molar-refractivity contribution in [1.82, 2.24) is 14.3 Å². The van der Waals surface area contributed by atoms with Gasteiger partial charge in [-0.1, -0.05) is 0 Å². The number of hydrogen-bond donors (Lipinski definition) is 0. The molecule has 0 radical (unpaired) electrons. The van der Waals surface area contributed by atoms with E-state index in [2.05, 4.69) is 19.2 Å². The van der Waals surface area contributed by atoms with Crippen LogP contribution in [0.3, 0.4) is 0 Å². The molecule has 1 spiro atoms. The Morgan fingerprint density at radius 2 is 2.04 bits per heavy atom. The second kappa shape index (κ2) is 6.02. The van der Waals surface area contributed by atoms with Crippen molar-refractivity contribution in [1.29, 1.82) is 0 Å². The smallest absolute Gasteiger partial charge is 0.226 e. The van der Waals surface area contributed by atoms with E-state index in [1.807, 2.05) is 0 Å². The van der Waals surface area contributed by atoms with Crippen molar-refractivity contribution in [3.63, 3.8) is 0 Å². The first-order valence-corrected chi connectivity index (χ1v) is 9.34. The molecule has 1 unspecified atom stereocenters. The predicted octanol–water partition coefficient (Wildman–Crippen LogP) is 1.91. The second-order valence-corrected chi connectivity index (χ2v) is 7.80. The molecule has 1 atom stereocenters. The van der Waals surface area contributed by atoms with Gasteiger partial charge >= 0.3 is 0 Å². The highest BCUT2D eigenvalue weighted by atomic mass is 32.1. The second-order valence-electron chi connectivity index (χ2n) is 7.06. The maximum absolute atomic E-state index is 12.6. The van der Waals surface area contributed by atoms with Crippen LogP contribution in [0.4, 0.5) is 5.13 Å². The van der Waals surface area contributed by atoms with Crippen LogP contribution in [-0.2, 0) is 16.1 Å². The maximum Gasteiger partial charge on any atom is 0.226 e. The Balaban J connectivity index is 1.33. The number of anilines is 1. The third-order valence-corrected chi connectivity index (χ3v) is 6.48. The van der Waals surface area contributed by atoms with E-state index in [9.17, 15) is 4.79 Å². The molecule has 23 heavy (non-hydrogen) atoms. The molecule has 3 fully saturated rings. The zero-order valence-electron chi connectivity index (χ0n) is 13.7. The van der Waals surface area contributed by atoms with Crippen LogP contribution in [0.5, 0.6) is 0 Å². The van der Waals surface area contributed by atoms with Crippen molar-refractivity contribution in [3.8, 4) is 0 Å². The van der Waals surface area contributed by atoms with Gasteiger partial charge in [-0.25, -0.2) is 4.98 Å². The molecule has 1 saturated carbocycles. The zero-order chi connectivity index (χ0) is 15.9. The first-order valence-electron chi connectivity index (χ1n) is 8.57. The fourth-order valence-corrected chi connectivity index (χ4v) is 4.84. The Labute approximate surface area is 141 Å². The topological polar surface area (TPSA) is 58.6 Å². The largest absolute Gasteiger partial charge is 0.377 e. The predicted molar refractivity (Wildman–Crippen MR) is 88.4 cm³/mol. The van der Waals surface area contributed by atoms with Gasteiger partial charge in [0.2, 0.25) is 11.0 Å². The minimum absolute atomic E-state index is 0.288. The molecule has 126 valence electrons. The number of rotatable bonds is 4. The summed E-state index contributed by atoms with van der Waals surface area (Å²) in [5, 5.41) is 0.995. The van der Waals surface area contributed by atoms with Crippen LogP contribution in [0.25, 0.3) is 0 Å². The molecule has 1 aromatic rings. The van der Waals surface area contributed by atoms with Crippen molar-refractivity contribution in [3.05, 3.63) is 5.82 Å². The highest BCUT2D eigenvalue weighted by Crippen LogP contribution is 2.60. The van der Waals surface area contributed by atoms with Crippen molar-refractivity contribution in [2.45, 2.75) is 38.7 Å². The van der Waals surface area contributed by atoms with Gasteiger partial charge in [-0.15, -0.1) is 0 Å². The van der Waals surface area contributed by atoms with Crippen LogP contribution in [0.1, 0.15) is 37.9 Å². The summed E-state index contributed by atoms with van der Waals surface area (Å²) < 4.78 is 9.41. The minimum Gasteiger partial charge on any atom is -0.377 e. The number of likely N-dealkylation sites (tertiary alicyclic amines) is 1. The van der Waals surface area contributed by atoms with Crippen LogP contribution in [0.2, 0.25) is 0 Å². The Bertz CT molecular complexity index is 576. The lowest BCUT2D eigenvalue weighted by Gasteiger charge is -2.32. The van der Waals surface area contributed by atoms with E-state index in [0.717, 1.165) is 56.4 Å². The molecule has 0 bridgehead atoms. The van der Waals surface area contributed by atoms with Gasteiger partial charge in [0.05, 0.1) is 0 Å². The maximum atomic E-state index is 12.6. The summed E-state index contributed by atoms with van der Waals surface area (Å²) in [6.45, 7) is 4.41. The summed E-state index contributed by atoms with van der Waals surface area (Å²) in [5.74, 6) is 1.48. The average molecular weight is 336 g/mol. The molecule has 7 heteroatoms. The standard InChI is InChI=1S/C16H24N4O2S/c1-22-11-13-17-15(23-18-13)20-8-4-16(5-9-20)10-12(16)14(21)19-6-2-3-7-19/h12H,2-11H2,1H3. The highest BCUT2D eigenvalue weighted by Gasteiger charge is 2.59. The van der Waals surface area contributed by atoms with E-state index in [0.29, 0.717) is 18.4 Å². The van der Waals surface area contributed by atoms with E-state index in [4.69, 9.17) is 4.74 Å². The Morgan fingerprint density at radius 3 is 2.74 bits per heavy atom. The number of carbonyl (C=O) groups excluding carboxylic acids is 1. The lowest BCUT2D eigenvalue weighted by atomic mass is 9.90. The number of nitrogens with zero attached hydrogens (tertiary/aromatic N) is 4. The van der Waals surface area contributed by atoms with Gasteiger partial charge in [0, 0.05) is 50.7 Å². The van der Waals surface area contributed by atoms with E-state index >= 15 is 0 Å². The van der Waals surface area contributed by atoms with Crippen molar-refractivity contribution in [2.75, 3.05) is 38.2 Å². The SMILES string of the molecule is COCc1nsc(N2CCC3(CC2)CC3C(=O)N2CCCC2)n1. The first kappa shape index (κ1) is 15.3. The quantitative estimate of drug-likeness (QED) is 0.841. The highest BCUT2D eigenvalue weighted by molar-refractivity contribution is 7.09. The Morgan fingerprint density at radius 1 is 1.30 bits per heavy atom. The normalized spacial score (nSPS) is 26.0. The molecule has 0 N–H and O–H groups in total. The van der Waals surface area contributed by atoms with Crippen LogP contribution < -0.4 is 4.90 Å². The van der Waals surface area contributed by atoms with Crippen LogP contribution in [-0.4, -0.2) is 53.5 Å². The summed E-state index contributed by atoms with van der Waals surface area (Å²) >= 11 is 1.45. The van der Waals surface area contributed by atoms with Gasteiger partial charge in [-0.05, 0) is 37.5 Å². The summed E-state index contributed by atoms with van der Waals surface area (Å²) in [6, 6.07) is 0. The van der Waals surface area contributed by atoms with Gasteiger partial charge in [-0.2, -0.15) is 4.37 Å². The molecular formula is C16H24N4O2S. The fraction of sp³-hybridized carbons (Fsp3) is 0.812. The summed E-state index contributed by atoms with van der Waals surface area (Å²) in [4.78, 5) is 21.5. The average Bonchev–Trinajstić information content (AvgIpc) is 2.99. The Hall–Kier alpha value is -1.21. The van der Waals surface area contributed by atoms with Gasteiger partial charge < -0.3 is 14.5 Å². The number of methoxy groups -OCH3 is 1. The van der Waals surface area contributed by atoms with Crippen LogP contribution >= 0.6 is 11.5 Å². The number of ether oxygens (including phenoxy) is 1. The molecular weight excluding hydrogens is 312 g/mol. The first-order chi connectivity index (χ1) is 11.2. The van der Waals surface area contributed by atoms with Gasteiger partial charge in [0.15, 0.2) is 5.82 Å². The third-order valence-electron chi connectivity index (χ3n) is 5.67. The lowest BCUT2D eigenvalue weighted by molar-refractivity contribution is -0.132. The van der Waals surface area contributed by atoms with Crippen molar-refractivity contribution < 1.29 is 9.53 Å². The monoisotopic (exact) mass is 336 g/mol. The fourth-order valence-electron chi connectivity index (χ4n) is 4.11.